The van der Waals surface area contributed by atoms with E-state index in [4.69, 9.17) is 4.74 Å². The van der Waals surface area contributed by atoms with Gasteiger partial charge in [0.25, 0.3) is 5.91 Å². The van der Waals surface area contributed by atoms with Gasteiger partial charge in [0, 0.05) is 32.7 Å². The number of hydrogen-bond donors (Lipinski definition) is 1. The summed E-state index contributed by atoms with van der Waals surface area (Å²) >= 11 is 0. The molecule has 1 saturated heterocycles. The van der Waals surface area contributed by atoms with Crippen LogP contribution in [0.5, 0.6) is 0 Å². The summed E-state index contributed by atoms with van der Waals surface area (Å²) in [6, 6.07) is 9.51. The van der Waals surface area contributed by atoms with E-state index < -0.39 is 6.10 Å². The van der Waals surface area contributed by atoms with Gasteiger partial charge in [-0.2, -0.15) is 0 Å². The maximum atomic E-state index is 12.6. The summed E-state index contributed by atoms with van der Waals surface area (Å²) in [5.74, 6) is 0.0886. The summed E-state index contributed by atoms with van der Waals surface area (Å²) in [5, 5.41) is 2.85. The summed E-state index contributed by atoms with van der Waals surface area (Å²) in [4.78, 5) is 26.3. The second kappa shape index (κ2) is 7.94. The monoisotopic (exact) mass is 304 g/mol. The van der Waals surface area contributed by atoms with Gasteiger partial charge >= 0.3 is 0 Å². The van der Waals surface area contributed by atoms with Gasteiger partial charge < -0.3 is 15.0 Å². The Morgan fingerprint density at radius 2 is 1.91 bits per heavy atom. The van der Waals surface area contributed by atoms with Gasteiger partial charge in [0.15, 0.2) is 6.10 Å². The lowest BCUT2D eigenvalue weighted by Gasteiger charge is -2.33. The molecule has 1 aliphatic rings. The molecule has 1 atom stereocenters. The fraction of sp³-hybridized carbons (Fsp3) is 0.529. The molecule has 5 heteroatoms. The lowest BCUT2D eigenvalue weighted by molar-refractivity contribution is -0.145. The zero-order valence-electron chi connectivity index (χ0n) is 13.2. The van der Waals surface area contributed by atoms with Crippen LogP contribution in [0.4, 0.5) is 0 Å². The predicted octanol–water partition coefficient (Wildman–Crippen LogP) is 1.75. The number of likely N-dealkylation sites (tertiary alicyclic amines) is 1. The summed E-state index contributed by atoms with van der Waals surface area (Å²) in [7, 11) is 1.55. The van der Waals surface area contributed by atoms with E-state index in [2.05, 4.69) is 5.32 Å². The summed E-state index contributed by atoms with van der Waals surface area (Å²) in [6.45, 7) is 3.78. The van der Waals surface area contributed by atoms with Gasteiger partial charge in [-0.15, -0.1) is 0 Å². The molecule has 22 heavy (non-hydrogen) atoms. The summed E-state index contributed by atoms with van der Waals surface area (Å²) in [6.07, 6.45) is 0.855. The fourth-order valence-corrected chi connectivity index (χ4v) is 2.85. The highest BCUT2D eigenvalue weighted by Gasteiger charge is 2.31. The average Bonchev–Trinajstić information content (AvgIpc) is 2.57. The Bertz CT molecular complexity index is 496. The molecule has 5 nitrogen and oxygen atoms in total. The van der Waals surface area contributed by atoms with Crippen molar-refractivity contribution in [2.24, 2.45) is 5.92 Å². The first-order valence-electron chi connectivity index (χ1n) is 7.81. The van der Waals surface area contributed by atoms with Crippen molar-refractivity contribution in [3.05, 3.63) is 35.9 Å². The van der Waals surface area contributed by atoms with E-state index in [1.54, 1.807) is 12.0 Å². The van der Waals surface area contributed by atoms with Crippen LogP contribution in [0, 0.1) is 5.92 Å². The highest BCUT2D eigenvalue weighted by Crippen LogP contribution is 2.23. The minimum absolute atomic E-state index is 0.0155. The molecule has 120 valence electrons. The van der Waals surface area contributed by atoms with Gasteiger partial charge in [-0.05, 0) is 25.3 Å². The van der Waals surface area contributed by atoms with Crippen LogP contribution in [0.1, 0.15) is 31.4 Å². The van der Waals surface area contributed by atoms with Crippen LogP contribution in [0.25, 0.3) is 0 Å². The molecule has 2 amide bonds. The van der Waals surface area contributed by atoms with Gasteiger partial charge in [0.1, 0.15) is 0 Å². The Balaban J connectivity index is 1.95. The molecular formula is C17H24N2O3. The van der Waals surface area contributed by atoms with Crippen LogP contribution in [0.15, 0.2) is 30.3 Å². The molecular weight excluding hydrogens is 280 g/mol. The standard InChI is InChI=1S/C17H24N2O3/c1-3-18-16(20)14-9-11-19(12-10-14)17(21)15(22-2)13-7-5-4-6-8-13/h4-8,14-15H,3,9-12H2,1-2H3,(H,18,20). The van der Waals surface area contributed by atoms with Crippen LogP contribution >= 0.6 is 0 Å². The topological polar surface area (TPSA) is 58.6 Å². The molecule has 0 bridgehead atoms. The van der Waals surface area contributed by atoms with Crippen molar-refractivity contribution in [1.29, 1.82) is 0 Å². The Kier molecular flexibility index (Phi) is 5.95. The second-order valence-electron chi connectivity index (χ2n) is 5.52. The van der Waals surface area contributed by atoms with E-state index >= 15 is 0 Å². The van der Waals surface area contributed by atoms with Gasteiger partial charge in [0.2, 0.25) is 5.91 Å². The van der Waals surface area contributed by atoms with E-state index in [1.165, 1.54) is 0 Å². The Hall–Kier alpha value is -1.88. The van der Waals surface area contributed by atoms with Crippen LogP contribution in [-0.2, 0) is 14.3 Å². The summed E-state index contributed by atoms with van der Waals surface area (Å²) in [5.41, 5.74) is 0.862. The van der Waals surface area contributed by atoms with Crippen LogP contribution in [0.3, 0.4) is 0 Å². The maximum Gasteiger partial charge on any atom is 0.256 e. The fourth-order valence-electron chi connectivity index (χ4n) is 2.85. The van der Waals surface area contributed by atoms with Crippen molar-refractivity contribution >= 4 is 11.8 Å². The molecule has 0 aliphatic carbocycles. The third-order valence-corrected chi connectivity index (χ3v) is 4.09. The number of carbonyl (C=O) groups excluding carboxylic acids is 2. The third-order valence-electron chi connectivity index (χ3n) is 4.09. The molecule has 1 N–H and O–H groups in total. The van der Waals surface area contributed by atoms with E-state index in [-0.39, 0.29) is 17.7 Å². The number of nitrogens with zero attached hydrogens (tertiary/aromatic N) is 1. The second-order valence-corrected chi connectivity index (χ2v) is 5.52. The Morgan fingerprint density at radius 1 is 1.27 bits per heavy atom. The minimum atomic E-state index is -0.567. The van der Waals surface area contributed by atoms with Crippen LogP contribution in [-0.4, -0.2) is 43.5 Å². The SMILES string of the molecule is CCNC(=O)C1CCN(C(=O)C(OC)c2ccccc2)CC1. The lowest BCUT2D eigenvalue weighted by atomic mass is 9.95. The first-order valence-corrected chi connectivity index (χ1v) is 7.81. The molecule has 1 aliphatic heterocycles. The minimum Gasteiger partial charge on any atom is -0.367 e. The number of hydrogen-bond acceptors (Lipinski definition) is 3. The normalized spacial score (nSPS) is 17.1. The van der Waals surface area contributed by atoms with E-state index in [0.717, 1.165) is 5.56 Å². The van der Waals surface area contributed by atoms with Crippen molar-refractivity contribution in [3.63, 3.8) is 0 Å². The van der Waals surface area contributed by atoms with Crippen molar-refractivity contribution in [3.8, 4) is 0 Å². The molecule has 0 radical (unpaired) electrons. The van der Waals surface area contributed by atoms with Crippen LogP contribution in [0.2, 0.25) is 0 Å². The van der Waals surface area contributed by atoms with Crippen LogP contribution < -0.4 is 5.32 Å². The van der Waals surface area contributed by atoms with E-state index in [0.29, 0.717) is 32.5 Å². The first-order chi connectivity index (χ1) is 10.7. The largest absolute Gasteiger partial charge is 0.367 e. The van der Waals surface area contributed by atoms with Crippen molar-refractivity contribution in [1.82, 2.24) is 10.2 Å². The smallest absolute Gasteiger partial charge is 0.256 e. The molecule has 0 saturated carbocycles. The van der Waals surface area contributed by atoms with Gasteiger partial charge in [-0.25, -0.2) is 0 Å². The molecule has 1 heterocycles. The molecule has 1 unspecified atom stereocenters. The molecule has 2 rings (SSSR count). The maximum absolute atomic E-state index is 12.6. The van der Waals surface area contributed by atoms with Gasteiger partial charge in [0.05, 0.1) is 0 Å². The zero-order valence-corrected chi connectivity index (χ0v) is 13.2. The predicted molar refractivity (Wildman–Crippen MR) is 84.2 cm³/mol. The number of rotatable bonds is 5. The van der Waals surface area contributed by atoms with Crippen molar-refractivity contribution in [2.45, 2.75) is 25.9 Å². The Labute approximate surface area is 131 Å². The number of piperidine rings is 1. The number of nitrogens with one attached hydrogen (secondary N) is 1. The lowest BCUT2D eigenvalue weighted by Crippen LogP contribution is -2.44. The van der Waals surface area contributed by atoms with Gasteiger partial charge in [-0.1, -0.05) is 30.3 Å². The third kappa shape index (κ3) is 3.85. The number of ether oxygens (including phenoxy) is 1. The molecule has 1 fully saturated rings. The van der Waals surface area contributed by atoms with Crippen molar-refractivity contribution < 1.29 is 14.3 Å². The quantitative estimate of drug-likeness (QED) is 0.901. The molecule has 0 aromatic heterocycles. The highest BCUT2D eigenvalue weighted by atomic mass is 16.5. The molecule has 1 aromatic carbocycles. The van der Waals surface area contributed by atoms with E-state index in [1.807, 2.05) is 37.3 Å². The van der Waals surface area contributed by atoms with Gasteiger partial charge in [-0.3, -0.25) is 9.59 Å². The number of methoxy groups -OCH3 is 1. The molecule has 0 spiro atoms. The average molecular weight is 304 g/mol. The zero-order chi connectivity index (χ0) is 15.9. The first kappa shape index (κ1) is 16.5. The molecule has 1 aromatic rings. The Morgan fingerprint density at radius 3 is 2.45 bits per heavy atom. The number of benzene rings is 1. The summed E-state index contributed by atoms with van der Waals surface area (Å²) < 4.78 is 5.39. The van der Waals surface area contributed by atoms with E-state index in [9.17, 15) is 9.59 Å². The van der Waals surface area contributed by atoms with Crippen molar-refractivity contribution in [2.75, 3.05) is 26.7 Å². The highest BCUT2D eigenvalue weighted by molar-refractivity contribution is 5.83. The number of carbonyl (C=O) groups is 2. The number of amides is 2.